The van der Waals surface area contributed by atoms with Crippen LogP contribution in [-0.2, 0) is 20.9 Å². The van der Waals surface area contributed by atoms with Crippen molar-refractivity contribution in [3.05, 3.63) is 71.3 Å². The van der Waals surface area contributed by atoms with E-state index < -0.39 is 11.7 Å². The molecule has 3 N–H and O–H groups in total. The van der Waals surface area contributed by atoms with Crippen molar-refractivity contribution < 1.29 is 19.1 Å². The van der Waals surface area contributed by atoms with E-state index in [1.54, 1.807) is 39.0 Å². The topological polar surface area (TPSA) is 96.5 Å². The number of anilines is 1. The van der Waals surface area contributed by atoms with Crippen LogP contribution in [0.4, 0.5) is 10.5 Å². The lowest BCUT2D eigenvalue weighted by atomic mass is 10.1. The minimum Gasteiger partial charge on any atom is -0.444 e. The van der Waals surface area contributed by atoms with E-state index in [-0.39, 0.29) is 24.9 Å². The molecular formula is C24H29N3O4. The minimum atomic E-state index is -0.657. The standard InChI is InChI=1S/C24H29N3O4/c1-17-8-7-9-18(14-17)12-13-21(28)27-20-11-6-5-10-19(20)15-25-22(29)16-26-23(30)31-24(2,3)4/h5-14H,15-16H2,1-4H3,(H,25,29)(H,26,30)(H,27,28)/b13-12+. The highest BCUT2D eigenvalue weighted by molar-refractivity contribution is 6.02. The smallest absolute Gasteiger partial charge is 0.408 e. The summed E-state index contributed by atoms with van der Waals surface area (Å²) < 4.78 is 5.09. The lowest BCUT2D eigenvalue weighted by molar-refractivity contribution is -0.120. The quantitative estimate of drug-likeness (QED) is 0.591. The van der Waals surface area contributed by atoms with Crippen LogP contribution in [0.25, 0.3) is 6.08 Å². The van der Waals surface area contributed by atoms with E-state index in [1.165, 1.54) is 6.08 Å². The molecule has 0 heterocycles. The summed E-state index contributed by atoms with van der Waals surface area (Å²) in [6.07, 6.45) is 2.56. The number of ether oxygens (including phenoxy) is 1. The Labute approximate surface area is 182 Å². The number of hydrogen-bond acceptors (Lipinski definition) is 4. The molecule has 0 unspecified atom stereocenters. The summed E-state index contributed by atoms with van der Waals surface area (Å²) in [6.45, 7) is 7.22. The van der Waals surface area contributed by atoms with E-state index in [1.807, 2.05) is 43.3 Å². The number of benzene rings is 2. The molecule has 0 bridgehead atoms. The minimum absolute atomic E-state index is 0.201. The van der Waals surface area contributed by atoms with Crippen LogP contribution in [0.1, 0.15) is 37.5 Å². The molecule has 0 radical (unpaired) electrons. The fourth-order valence-corrected chi connectivity index (χ4v) is 2.64. The second kappa shape index (κ2) is 11.0. The van der Waals surface area contributed by atoms with E-state index in [9.17, 15) is 14.4 Å². The molecule has 0 spiro atoms. The zero-order chi connectivity index (χ0) is 22.9. The van der Waals surface area contributed by atoms with Crippen LogP contribution in [-0.4, -0.2) is 30.1 Å². The predicted molar refractivity (Wildman–Crippen MR) is 121 cm³/mol. The van der Waals surface area contributed by atoms with Gasteiger partial charge in [-0.3, -0.25) is 9.59 Å². The molecule has 2 aromatic carbocycles. The average Bonchev–Trinajstić information content (AvgIpc) is 2.69. The molecule has 0 atom stereocenters. The second-order valence-electron chi connectivity index (χ2n) is 8.03. The van der Waals surface area contributed by atoms with E-state index >= 15 is 0 Å². The van der Waals surface area contributed by atoms with Crippen LogP contribution in [0.3, 0.4) is 0 Å². The highest BCUT2D eigenvalue weighted by Crippen LogP contribution is 2.15. The summed E-state index contributed by atoms with van der Waals surface area (Å²) in [5, 5.41) is 7.95. The molecule has 31 heavy (non-hydrogen) atoms. The monoisotopic (exact) mass is 423 g/mol. The van der Waals surface area contributed by atoms with Gasteiger partial charge in [0.25, 0.3) is 0 Å². The molecule has 3 amide bonds. The number of aryl methyl sites for hydroxylation is 1. The Morgan fingerprint density at radius 3 is 2.45 bits per heavy atom. The Balaban J connectivity index is 1.88. The number of hydrogen-bond donors (Lipinski definition) is 3. The van der Waals surface area contributed by atoms with Crippen molar-refractivity contribution in [1.29, 1.82) is 0 Å². The first-order chi connectivity index (χ1) is 14.6. The number of rotatable bonds is 7. The fourth-order valence-electron chi connectivity index (χ4n) is 2.64. The molecule has 0 saturated heterocycles. The Morgan fingerprint density at radius 1 is 1.00 bits per heavy atom. The highest BCUT2D eigenvalue weighted by atomic mass is 16.6. The van der Waals surface area contributed by atoms with E-state index in [0.29, 0.717) is 5.69 Å². The Hall–Kier alpha value is -3.61. The Morgan fingerprint density at radius 2 is 1.74 bits per heavy atom. The SMILES string of the molecule is Cc1cccc(/C=C/C(=O)Nc2ccccc2CNC(=O)CNC(=O)OC(C)(C)C)c1. The van der Waals surface area contributed by atoms with Crippen LogP contribution in [0.2, 0.25) is 0 Å². The normalized spacial score (nSPS) is 11.1. The van der Waals surface area contributed by atoms with Crippen molar-refractivity contribution in [1.82, 2.24) is 10.6 Å². The number of para-hydroxylation sites is 1. The maximum absolute atomic E-state index is 12.3. The van der Waals surface area contributed by atoms with Gasteiger partial charge in [-0.05, 0) is 51.0 Å². The zero-order valence-corrected chi connectivity index (χ0v) is 18.3. The summed E-state index contributed by atoms with van der Waals surface area (Å²) in [5.41, 5.74) is 2.76. The van der Waals surface area contributed by atoms with Crippen LogP contribution >= 0.6 is 0 Å². The van der Waals surface area contributed by atoms with Crippen LogP contribution in [0.5, 0.6) is 0 Å². The van der Waals surface area contributed by atoms with Crippen molar-refractivity contribution in [2.45, 2.75) is 39.8 Å². The molecule has 7 heteroatoms. The van der Waals surface area contributed by atoms with Gasteiger partial charge in [-0.2, -0.15) is 0 Å². The summed E-state index contributed by atoms with van der Waals surface area (Å²) in [6, 6.07) is 15.0. The maximum Gasteiger partial charge on any atom is 0.408 e. The third-order valence-corrected chi connectivity index (χ3v) is 4.01. The van der Waals surface area contributed by atoms with E-state index in [0.717, 1.165) is 16.7 Å². The largest absolute Gasteiger partial charge is 0.444 e. The number of amides is 3. The summed E-state index contributed by atoms with van der Waals surface area (Å²) in [5.74, 6) is -0.641. The summed E-state index contributed by atoms with van der Waals surface area (Å²) in [7, 11) is 0. The van der Waals surface area contributed by atoms with Gasteiger partial charge < -0.3 is 20.7 Å². The maximum atomic E-state index is 12.3. The van der Waals surface area contributed by atoms with Crippen molar-refractivity contribution in [2.24, 2.45) is 0 Å². The van der Waals surface area contributed by atoms with Gasteiger partial charge in [0, 0.05) is 18.3 Å². The lowest BCUT2D eigenvalue weighted by Crippen LogP contribution is -2.39. The molecule has 0 aliphatic rings. The molecule has 0 saturated carbocycles. The van der Waals surface area contributed by atoms with Gasteiger partial charge in [0.1, 0.15) is 12.1 Å². The van der Waals surface area contributed by atoms with Gasteiger partial charge in [-0.25, -0.2) is 4.79 Å². The molecule has 0 aromatic heterocycles. The van der Waals surface area contributed by atoms with Crippen LogP contribution < -0.4 is 16.0 Å². The fraction of sp³-hybridized carbons (Fsp3) is 0.292. The van der Waals surface area contributed by atoms with E-state index in [2.05, 4.69) is 16.0 Å². The third kappa shape index (κ3) is 9.16. The summed E-state index contributed by atoms with van der Waals surface area (Å²) in [4.78, 5) is 36.0. The molecule has 0 aliphatic carbocycles. The van der Waals surface area contributed by atoms with Crippen molar-refractivity contribution in [3.63, 3.8) is 0 Å². The van der Waals surface area contributed by atoms with Crippen molar-refractivity contribution in [2.75, 3.05) is 11.9 Å². The first kappa shape index (κ1) is 23.7. The van der Waals surface area contributed by atoms with Gasteiger partial charge in [-0.15, -0.1) is 0 Å². The van der Waals surface area contributed by atoms with Crippen LogP contribution in [0.15, 0.2) is 54.6 Å². The van der Waals surface area contributed by atoms with E-state index in [4.69, 9.17) is 4.74 Å². The zero-order valence-electron chi connectivity index (χ0n) is 18.3. The predicted octanol–water partition coefficient (Wildman–Crippen LogP) is 3.79. The second-order valence-corrected chi connectivity index (χ2v) is 8.03. The number of alkyl carbamates (subject to hydrolysis) is 1. The summed E-state index contributed by atoms with van der Waals surface area (Å²) >= 11 is 0. The number of nitrogens with one attached hydrogen (secondary N) is 3. The molecule has 7 nitrogen and oxygen atoms in total. The van der Waals surface area contributed by atoms with Gasteiger partial charge in [0.2, 0.25) is 11.8 Å². The molecule has 0 fully saturated rings. The molecule has 0 aliphatic heterocycles. The van der Waals surface area contributed by atoms with Gasteiger partial charge in [-0.1, -0.05) is 48.0 Å². The van der Waals surface area contributed by atoms with Crippen molar-refractivity contribution in [3.8, 4) is 0 Å². The van der Waals surface area contributed by atoms with Gasteiger partial charge in [0.05, 0.1) is 0 Å². The highest BCUT2D eigenvalue weighted by Gasteiger charge is 2.16. The lowest BCUT2D eigenvalue weighted by Gasteiger charge is -2.19. The Bertz CT molecular complexity index is 961. The first-order valence-corrected chi connectivity index (χ1v) is 9.99. The van der Waals surface area contributed by atoms with Crippen molar-refractivity contribution >= 4 is 29.7 Å². The molecular weight excluding hydrogens is 394 g/mol. The molecule has 164 valence electrons. The van der Waals surface area contributed by atoms with Gasteiger partial charge >= 0.3 is 6.09 Å². The number of carbonyl (C=O) groups excluding carboxylic acids is 3. The van der Waals surface area contributed by atoms with Crippen LogP contribution in [0, 0.1) is 6.92 Å². The molecule has 2 aromatic rings. The third-order valence-electron chi connectivity index (χ3n) is 4.01. The Kier molecular flexibility index (Phi) is 8.37. The average molecular weight is 424 g/mol. The van der Waals surface area contributed by atoms with Gasteiger partial charge in [0.15, 0.2) is 0 Å². The molecule has 2 rings (SSSR count). The first-order valence-electron chi connectivity index (χ1n) is 9.99. The number of carbonyl (C=O) groups is 3.